The zero-order valence-electron chi connectivity index (χ0n) is 11.4. The summed E-state index contributed by atoms with van der Waals surface area (Å²) in [6, 6.07) is 5.66. The Kier molecular flexibility index (Phi) is 3.94. The Labute approximate surface area is 112 Å². The second-order valence-corrected chi connectivity index (χ2v) is 4.66. The molecule has 0 atom stereocenters. The number of aromatic hydroxyl groups is 1. The molecule has 1 heterocycles. The van der Waals surface area contributed by atoms with Crippen molar-refractivity contribution >= 4 is 5.69 Å². The van der Waals surface area contributed by atoms with Gasteiger partial charge in [0.15, 0.2) is 11.5 Å². The van der Waals surface area contributed by atoms with Crippen molar-refractivity contribution < 1.29 is 9.84 Å². The molecule has 0 aliphatic rings. The second kappa shape index (κ2) is 5.65. The van der Waals surface area contributed by atoms with Crippen molar-refractivity contribution in [1.82, 2.24) is 9.78 Å². The predicted octanol–water partition coefficient (Wildman–Crippen LogP) is 2.79. The van der Waals surface area contributed by atoms with Crippen LogP contribution in [0.4, 0.5) is 5.69 Å². The van der Waals surface area contributed by atoms with Crippen LogP contribution in [0.5, 0.6) is 11.5 Å². The van der Waals surface area contributed by atoms with Gasteiger partial charge in [-0.3, -0.25) is 4.68 Å². The third-order valence-electron chi connectivity index (χ3n) is 2.87. The standard InChI is InChI=1S/C14H19N3O2/c1-10(2)17-9-12(8-16-17)15-7-11-4-5-13(18)14(6-11)19-3/h4-6,8-10,15,18H,7H2,1-3H3. The van der Waals surface area contributed by atoms with Crippen LogP contribution in [-0.4, -0.2) is 22.0 Å². The molecular weight excluding hydrogens is 242 g/mol. The van der Waals surface area contributed by atoms with E-state index in [1.165, 1.54) is 0 Å². The number of nitrogens with one attached hydrogen (secondary N) is 1. The van der Waals surface area contributed by atoms with Crippen LogP contribution >= 0.6 is 0 Å². The highest BCUT2D eigenvalue weighted by atomic mass is 16.5. The summed E-state index contributed by atoms with van der Waals surface area (Å²) < 4.78 is 6.98. The molecule has 0 aliphatic heterocycles. The van der Waals surface area contributed by atoms with E-state index in [0.717, 1.165) is 11.3 Å². The number of aromatic nitrogens is 2. The number of anilines is 1. The largest absolute Gasteiger partial charge is 0.504 e. The van der Waals surface area contributed by atoms with Gasteiger partial charge in [0, 0.05) is 18.8 Å². The maximum absolute atomic E-state index is 9.53. The summed E-state index contributed by atoms with van der Waals surface area (Å²) in [4.78, 5) is 0. The minimum atomic E-state index is 0.152. The highest BCUT2D eigenvalue weighted by Gasteiger charge is 2.04. The van der Waals surface area contributed by atoms with E-state index in [-0.39, 0.29) is 5.75 Å². The summed E-state index contributed by atoms with van der Waals surface area (Å²) in [5.41, 5.74) is 2.01. The molecule has 2 N–H and O–H groups in total. The highest BCUT2D eigenvalue weighted by Crippen LogP contribution is 2.26. The average molecular weight is 261 g/mol. The van der Waals surface area contributed by atoms with Crippen molar-refractivity contribution in [2.45, 2.75) is 26.4 Å². The zero-order chi connectivity index (χ0) is 13.8. The summed E-state index contributed by atoms with van der Waals surface area (Å²) in [6.45, 7) is 4.82. The number of ether oxygens (including phenoxy) is 1. The first-order chi connectivity index (χ1) is 9.10. The predicted molar refractivity (Wildman–Crippen MR) is 74.6 cm³/mol. The minimum absolute atomic E-state index is 0.152. The van der Waals surface area contributed by atoms with E-state index in [0.29, 0.717) is 18.3 Å². The number of nitrogens with zero attached hydrogens (tertiary/aromatic N) is 2. The van der Waals surface area contributed by atoms with Gasteiger partial charge >= 0.3 is 0 Å². The van der Waals surface area contributed by atoms with Crippen LogP contribution < -0.4 is 10.1 Å². The third kappa shape index (κ3) is 3.19. The molecule has 5 heteroatoms. The third-order valence-corrected chi connectivity index (χ3v) is 2.87. The van der Waals surface area contributed by atoms with Gasteiger partial charge in [0.1, 0.15) is 0 Å². The van der Waals surface area contributed by atoms with Gasteiger partial charge < -0.3 is 15.2 Å². The molecule has 1 aromatic heterocycles. The topological polar surface area (TPSA) is 59.3 Å². The monoisotopic (exact) mass is 261 g/mol. The molecule has 0 bridgehead atoms. The van der Waals surface area contributed by atoms with E-state index < -0.39 is 0 Å². The first kappa shape index (κ1) is 13.3. The van der Waals surface area contributed by atoms with Gasteiger partial charge in [0.2, 0.25) is 0 Å². The highest BCUT2D eigenvalue weighted by molar-refractivity contribution is 5.44. The molecule has 0 saturated heterocycles. The van der Waals surface area contributed by atoms with Crippen LogP contribution in [-0.2, 0) is 6.54 Å². The molecule has 0 amide bonds. The lowest BCUT2D eigenvalue weighted by atomic mass is 10.2. The molecule has 0 unspecified atom stereocenters. The van der Waals surface area contributed by atoms with Crippen molar-refractivity contribution in [3.05, 3.63) is 36.2 Å². The molecule has 5 nitrogen and oxygen atoms in total. The van der Waals surface area contributed by atoms with Gasteiger partial charge in [-0.05, 0) is 31.5 Å². The van der Waals surface area contributed by atoms with E-state index >= 15 is 0 Å². The lowest BCUT2D eigenvalue weighted by Crippen LogP contribution is -2.01. The fraction of sp³-hybridized carbons (Fsp3) is 0.357. The van der Waals surface area contributed by atoms with Crippen molar-refractivity contribution in [2.75, 3.05) is 12.4 Å². The summed E-state index contributed by atoms with van der Waals surface area (Å²) in [5, 5.41) is 17.1. The Morgan fingerprint density at radius 3 is 2.84 bits per heavy atom. The number of hydrogen-bond donors (Lipinski definition) is 2. The smallest absolute Gasteiger partial charge is 0.160 e. The molecule has 102 valence electrons. The molecule has 19 heavy (non-hydrogen) atoms. The van der Waals surface area contributed by atoms with E-state index in [9.17, 15) is 5.11 Å². The molecule has 0 spiro atoms. The van der Waals surface area contributed by atoms with Gasteiger partial charge in [-0.25, -0.2) is 0 Å². The summed E-state index contributed by atoms with van der Waals surface area (Å²) in [6.07, 6.45) is 3.78. The van der Waals surface area contributed by atoms with Crippen LogP contribution in [0, 0.1) is 0 Å². The van der Waals surface area contributed by atoms with Crippen LogP contribution in [0.3, 0.4) is 0 Å². The van der Waals surface area contributed by atoms with Crippen molar-refractivity contribution in [3.8, 4) is 11.5 Å². The number of hydrogen-bond acceptors (Lipinski definition) is 4. The number of rotatable bonds is 5. The number of phenolic OH excluding ortho intramolecular Hbond substituents is 1. The van der Waals surface area contributed by atoms with Crippen LogP contribution in [0.1, 0.15) is 25.5 Å². The Bertz CT molecular complexity index is 549. The zero-order valence-corrected chi connectivity index (χ0v) is 11.4. The first-order valence-corrected chi connectivity index (χ1v) is 6.24. The van der Waals surface area contributed by atoms with Gasteiger partial charge in [-0.2, -0.15) is 5.10 Å². The maximum atomic E-state index is 9.53. The Balaban J connectivity index is 2.01. The van der Waals surface area contributed by atoms with Crippen LogP contribution in [0.2, 0.25) is 0 Å². The van der Waals surface area contributed by atoms with Crippen molar-refractivity contribution in [1.29, 1.82) is 0 Å². The Morgan fingerprint density at radius 1 is 1.42 bits per heavy atom. The van der Waals surface area contributed by atoms with Gasteiger partial charge in [-0.15, -0.1) is 0 Å². The van der Waals surface area contributed by atoms with Crippen molar-refractivity contribution in [2.24, 2.45) is 0 Å². The molecule has 0 fully saturated rings. The number of phenols is 1. The summed E-state index contributed by atoms with van der Waals surface area (Å²) in [7, 11) is 1.54. The minimum Gasteiger partial charge on any atom is -0.504 e. The van der Waals surface area contributed by atoms with E-state index in [2.05, 4.69) is 24.3 Å². The lowest BCUT2D eigenvalue weighted by molar-refractivity contribution is 0.373. The molecule has 2 aromatic rings. The fourth-order valence-corrected chi connectivity index (χ4v) is 1.75. The van der Waals surface area contributed by atoms with Gasteiger partial charge in [-0.1, -0.05) is 6.07 Å². The first-order valence-electron chi connectivity index (χ1n) is 6.24. The summed E-state index contributed by atoms with van der Waals surface area (Å²) >= 11 is 0. The second-order valence-electron chi connectivity index (χ2n) is 4.66. The molecule has 0 aliphatic carbocycles. The normalized spacial score (nSPS) is 10.7. The SMILES string of the molecule is COc1cc(CNc2cnn(C(C)C)c2)ccc1O. The van der Waals surface area contributed by atoms with Gasteiger partial charge in [0.05, 0.1) is 19.0 Å². The van der Waals surface area contributed by atoms with Crippen LogP contribution in [0.25, 0.3) is 0 Å². The summed E-state index contributed by atoms with van der Waals surface area (Å²) in [5.74, 6) is 0.635. The van der Waals surface area contributed by atoms with Gasteiger partial charge in [0.25, 0.3) is 0 Å². The average Bonchev–Trinajstić information content (AvgIpc) is 2.87. The van der Waals surface area contributed by atoms with Crippen molar-refractivity contribution in [3.63, 3.8) is 0 Å². The molecule has 0 radical (unpaired) electrons. The lowest BCUT2D eigenvalue weighted by Gasteiger charge is -2.08. The van der Waals surface area contributed by atoms with E-state index in [1.807, 2.05) is 23.0 Å². The quantitative estimate of drug-likeness (QED) is 0.869. The molecule has 0 saturated carbocycles. The molecule has 2 rings (SSSR count). The van der Waals surface area contributed by atoms with E-state index in [4.69, 9.17) is 4.74 Å². The fourth-order valence-electron chi connectivity index (χ4n) is 1.75. The number of methoxy groups -OCH3 is 1. The maximum Gasteiger partial charge on any atom is 0.160 e. The van der Waals surface area contributed by atoms with E-state index in [1.54, 1.807) is 19.4 Å². The Hall–Kier alpha value is -2.17. The molecule has 1 aromatic carbocycles. The molecular formula is C14H19N3O2. The number of benzene rings is 1. The Morgan fingerprint density at radius 2 is 2.21 bits per heavy atom. The van der Waals surface area contributed by atoms with Crippen LogP contribution in [0.15, 0.2) is 30.6 Å².